The van der Waals surface area contributed by atoms with Crippen LogP contribution in [0, 0.1) is 0 Å². The van der Waals surface area contributed by atoms with E-state index < -0.39 is 0 Å². The molecule has 2 saturated heterocycles. The number of likely N-dealkylation sites (tertiary alicyclic amines) is 1. The SMILES string of the molecule is C[C@@H](NC(=O)N1CCC(N2CCCNC2=O)CC1)c1ccc(Cl)cc1. The third-order valence-electron chi connectivity index (χ3n) is 5.02. The third-order valence-corrected chi connectivity index (χ3v) is 5.27. The second kappa shape index (κ2) is 7.95. The molecule has 0 bridgehead atoms. The summed E-state index contributed by atoms with van der Waals surface area (Å²) in [7, 11) is 0. The molecule has 0 saturated carbocycles. The van der Waals surface area contributed by atoms with E-state index in [1.165, 1.54) is 0 Å². The van der Waals surface area contributed by atoms with E-state index in [1.54, 1.807) is 0 Å². The van der Waals surface area contributed by atoms with E-state index in [0.717, 1.165) is 37.9 Å². The smallest absolute Gasteiger partial charge is 0.317 e. The molecule has 6 nitrogen and oxygen atoms in total. The number of hydrogen-bond acceptors (Lipinski definition) is 2. The Morgan fingerprint density at radius 2 is 1.92 bits per heavy atom. The van der Waals surface area contributed by atoms with Crippen molar-refractivity contribution < 1.29 is 9.59 Å². The van der Waals surface area contributed by atoms with Gasteiger partial charge < -0.3 is 20.4 Å². The standard InChI is InChI=1S/C18H25ClN4O2/c1-13(14-3-5-15(19)6-4-14)21-18(25)22-11-7-16(8-12-22)23-10-2-9-20-17(23)24/h3-6,13,16H,2,7-12H2,1H3,(H,20,24)(H,21,25)/t13-/m1/s1. The van der Waals surface area contributed by atoms with Crippen LogP contribution in [0.4, 0.5) is 9.59 Å². The van der Waals surface area contributed by atoms with E-state index in [-0.39, 0.29) is 24.1 Å². The highest BCUT2D eigenvalue weighted by molar-refractivity contribution is 6.30. The molecule has 0 aliphatic carbocycles. The molecular formula is C18H25ClN4O2. The number of halogens is 1. The number of carbonyl (C=O) groups excluding carboxylic acids is 2. The second-order valence-electron chi connectivity index (χ2n) is 6.72. The number of urea groups is 2. The number of hydrogen-bond donors (Lipinski definition) is 2. The second-order valence-corrected chi connectivity index (χ2v) is 7.16. The van der Waals surface area contributed by atoms with Crippen LogP contribution in [-0.2, 0) is 0 Å². The zero-order chi connectivity index (χ0) is 17.8. The largest absolute Gasteiger partial charge is 0.338 e. The molecule has 0 aromatic heterocycles. The Labute approximate surface area is 153 Å². The van der Waals surface area contributed by atoms with E-state index in [1.807, 2.05) is 41.0 Å². The average molecular weight is 365 g/mol. The minimum atomic E-state index is -0.0737. The molecule has 7 heteroatoms. The zero-order valence-electron chi connectivity index (χ0n) is 14.5. The molecule has 0 unspecified atom stereocenters. The van der Waals surface area contributed by atoms with Gasteiger partial charge in [-0.3, -0.25) is 0 Å². The van der Waals surface area contributed by atoms with Gasteiger partial charge in [-0.1, -0.05) is 23.7 Å². The normalized spacial score (nSPS) is 20.2. The van der Waals surface area contributed by atoms with E-state index in [9.17, 15) is 9.59 Å². The summed E-state index contributed by atoms with van der Waals surface area (Å²) in [5, 5.41) is 6.62. The van der Waals surface area contributed by atoms with Gasteiger partial charge in [-0.15, -0.1) is 0 Å². The summed E-state index contributed by atoms with van der Waals surface area (Å²) in [6.07, 6.45) is 2.65. The number of amides is 4. The van der Waals surface area contributed by atoms with Gasteiger partial charge in [0.2, 0.25) is 0 Å². The van der Waals surface area contributed by atoms with Gasteiger partial charge in [0, 0.05) is 37.2 Å². The van der Waals surface area contributed by atoms with Crippen LogP contribution < -0.4 is 10.6 Å². The van der Waals surface area contributed by atoms with Crippen LogP contribution in [0.2, 0.25) is 5.02 Å². The lowest BCUT2D eigenvalue weighted by atomic mass is 10.0. The van der Waals surface area contributed by atoms with Crippen LogP contribution >= 0.6 is 11.6 Å². The maximum absolute atomic E-state index is 12.5. The number of rotatable bonds is 3. The molecule has 2 fully saturated rings. The maximum atomic E-state index is 12.5. The first-order chi connectivity index (χ1) is 12.0. The minimum absolute atomic E-state index is 0.0329. The predicted octanol–water partition coefficient (Wildman–Crippen LogP) is 2.99. The molecule has 136 valence electrons. The molecular weight excluding hydrogens is 340 g/mol. The zero-order valence-corrected chi connectivity index (χ0v) is 15.3. The molecule has 0 spiro atoms. The van der Waals surface area contributed by atoms with Crippen LogP contribution in [0.1, 0.15) is 37.8 Å². The molecule has 2 aliphatic heterocycles. The first-order valence-electron chi connectivity index (χ1n) is 8.90. The highest BCUT2D eigenvalue weighted by atomic mass is 35.5. The van der Waals surface area contributed by atoms with Gasteiger partial charge in [0.25, 0.3) is 0 Å². The van der Waals surface area contributed by atoms with E-state index >= 15 is 0 Å². The van der Waals surface area contributed by atoms with Gasteiger partial charge in [-0.25, -0.2) is 9.59 Å². The Kier molecular flexibility index (Phi) is 5.68. The first kappa shape index (κ1) is 17.9. The van der Waals surface area contributed by atoms with E-state index in [0.29, 0.717) is 18.1 Å². The molecule has 2 N–H and O–H groups in total. The van der Waals surface area contributed by atoms with Crippen molar-refractivity contribution in [3.05, 3.63) is 34.9 Å². The summed E-state index contributed by atoms with van der Waals surface area (Å²) in [5.41, 5.74) is 1.03. The molecule has 1 atom stereocenters. The molecule has 1 aromatic carbocycles. The van der Waals surface area contributed by atoms with Crippen molar-refractivity contribution in [2.24, 2.45) is 0 Å². The van der Waals surface area contributed by atoms with Crippen molar-refractivity contribution >= 4 is 23.7 Å². The lowest BCUT2D eigenvalue weighted by Crippen LogP contribution is -2.55. The maximum Gasteiger partial charge on any atom is 0.317 e. The molecule has 25 heavy (non-hydrogen) atoms. The van der Waals surface area contributed by atoms with Crippen LogP contribution in [0.25, 0.3) is 0 Å². The Balaban J connectivity index is 1.49. The fourth-order valence-corrected chi connectivity index (χ4v) is 3.61. The predicted molar refractivity (Wildman–Crippen MR) is 97.7 cm³/mol. The molecule has 1 aromatic rings. The number of carbonyl (C=O) groups is 2. The number of benzene rings is 1. The summed E-state index contributed by atoms with van der Waals surface area (Å²) >= 11 is 5.90. The molecule has 2 aliphatic rings. The van der Waals surface area contributed by atoms with E-state index in [2.05, 4.69) is 10.6 Å². The van der Waals surface area contributed by atoms with E-state index in [4.69, 9.17) is 11.6 Å². The van der Waals surface area contributed by atoms with Gasteiger partial charge in [-0.05, 0) is 43.9 Å². The lowest BCUT2D eigenvalue weighted by Gasteiger charge is -2.40. The van der Waals surface area contributed by atoms with Crippen molar-refractivity contribution in [3.63, 3.8) is 0 Å². The van der Waals surface area contributed by atoms with Crippen molar-refractivity contribution in [2.75, 3.05) is 26.2 Å². The van der Waals surface area contributed by atoms with Crippen LogP contribution in [0.5, 0.6) is 0 Å². The fourth-order valence-electron chi connectivity index (χ4n) is 3.49. The summed E-state index contributed by atoms with van der Waals surface area (Å²) in [4.78, 5) is 28.2. The number of piperidine rings is 1. The summed E-state index contributed by atoms with van der Waals surface area (Å²) < 4.78 is 0. The van der Waals surface area contributed by atoms with Gasteiger partial charge in [0.15, 0.2) is 0 Å². The summed E-state index contributed by atoms with van der Waals surface area (Å²) in [5.74, 6) is 0. The Hall–Kier alpha value is -1.95. The lowest BCUT2D eigenvalue weighted by molar-refractivity contribution is 0.118. The van der Waals surface area contributed by atoms with Gasteiger partial charge in [0.1, 0.15) is 0 Å². The van der Waals surface area contributed by atoms with Gasteiger partial charge in [0.05, 0.1) is 6.04 Å². The number of nitrogens with zero attached hydrogens (tertiary/aromatic N) is 2. The van der Waals surface area contributed by atoms with Crippen molar-refractivity contribution in [3.8, 4) is 0 Å². The van der Waals surface area contributed by atoms with Crippen molar-refractivity contribution in [1.29, 1.82) is 0 Å². The molecule has 3 rings (SSSR count). The minimum Gasteiger partial charge on any atom is -0.338 e. The third kappa shape index (κ3) is 4.37. The molecule has 2 heterocycles. The van der Waals surface area contributed by atoms with Gasteiger partial charge in [-0.2, -0.15) is 0 Å². The van der Waals surface area contributed by atoms with Crippen LogP contribution in [0.15, 0.2) is 24.3 Å². The topological polar surface area (TPSA) is 64.7 Å². The monoisotopic (exact) mass is 364 g/mol. The number of nitrogens with one attached hydrogen (secondary N) is 2. The molecule has 4 amide bonds. The Morgan fingerprint density at radius 3 is 2.56 bits per heavy atom. The quantitative estimate of drug-likeness (QED) is 0.866. The van der Waals surface area contributed by atoms with Crippen molar-refractivity contribution in [1.82, 2.24) is 20.4 Å². The Morgan fingerprint density at radius 1 is 1.24 bits per heavy atom. The highest BCUT2D eigenvalue weighted by Crippen LogP contribution is 2.20. The van der Waals surface area contributed by atoms with Crippen molar-refractivity contribution in [2.45, 2.75) is 38.3 Å². The summed E-state index contributed by atoms with van der Waals surface area (Å²) in [6.45, 7) is 4.89. The van der Waals surface area contributed by atoms with Gasteiger partial charge >= 0.3 is 12.1 Å². The molecule has 0 radical (unpaired) electrons. The Bertz CT molecular complexity index is 614. The first-order valence-corrected chi connectivity index (χ1v) is 9.28. The highest BCUT2D eigenvalue weighted by Gasteiger charge is 2.31. The van der Waals surface area contributed by atoms with Crippen LogP contribution in [-0.4, -0.2) is 54.1 Å². The van der Waals surface area contributed by atoms with Crippen LogP contribution in [0.3, 0.4) is 0 Å². The fraction of sp³-hybridized carbons (Fsp3) is 0.556. The summed E-state index contributed by atoms with van der Waals surface area (Å²) in [6, 6.07) is 7.65. The average Bonchev–Trinajstić information content (AvgIpc) is 2.63.